The fourth-order valence-electron chi connectivity index (χ4n) is 4.73. The minimum absolute atomic E-state index is 0.0418. The van der Waals surface area contributed by atoms with Gasteiger partial charge in [0.05, 0.1) is 6.04 Å². The number of carbonyl (C=O) groups is 1. The van der Waals surface area contributed by atoms with Crippen LogP contribution in [0.2, 0.25) is 0 Å². The van der Waals surface area contributed by atoms with Gasteiger partial charge in [0, 0.05) is 32.2 Å². The number of carbonyl (C=O) groups excluding carboxylic acids is 1. The molecule has 2 aliphatic heterocycles. The van der Waals surface area contributed by atoms with E-state index in [2.05, 4.69) is 39.8 Å². The zero-order valence-corrected chi connectivity index (χ0v) is 14.5. The lowest BCUT2D eigenvalue weighted by Gasteiger charge is -2.28. The second kappa shape index (κ2) is 7.24. The van der Waals surface area contributed by atoms with E-state index in [9.17, 15) is 4.79 Å². The zero-order chi connectivity index (χ0) is 16.4. The number of nitrogens with zero attached hydrogens (tertiary/aromatic N) is 1. The van der Waals surface area contributed by atoms with Crippen molar-refractivity contribution in [2.24, 2.45) is 5.92 Å². The number of hydrogen-bond donors (Lipinski definition) is 2. The SMILES string of the molecule is O=C(NCCN1CCc2ccccc2C1)C1CC2CCCCC2N1. The average molecular weight is 327 g/mol. The summed E-state index contributed by atoms with van der Waals surface area (Å²) in [6.07, 6.45) is 7.37. The Balaban J connectivity index is 1.21. The summed E-state index contributed by atoms with van der Waals surface area (Å²) >= 11 is 0. The van der Waals surface area contributed by atoms with Gasteiger partial charge in [-0.3, -0.25) is 9.69 Å². The lowest BCUT2D eigenvalue weighted by atomic mass is 9.85. The summed E-state index contributed by atoms with van der Waals surface area (Å²) in [6.45, 7) is 3.81. The van der Waals surface area contributed by atoms with E-state index in [1.54, 1.807) is 0 Å². The highest BCUT2D eigenvalue weighted by Crippen LogP contribution is 2.33. The first kappa shape index (κ1) is 16.1. The van der Waals surface area contributed by atoms with Gasteiger partial charge in [-0.2, -0.15) is 0 Å². The first-order valence-corrected chi connectivity index (χ1v) is 9.62. The normalized spacial score (nSPS) is 29.8. The molecule has 3 atom stereocenters. The van der Waals surface area contributed by atoms with Crippen molar-refractivity contribution < 1.29 is 4.79 Å². The standard InChI is InChI=1S/C20H29N3O/c24-20(19-13-16-6-3-4-8-18(16)22-19)21-10-12-23-11-9-15-5-1-2-7-17(15)14-23/h1-2,5,7,16,18-19,22H,3-4,6,8-14H2,(H,21,24). The highest BCUT2D eigenvalue weighted by molar-refractivity contribution is 5.82. The third-order valence-corrected chi connectivity index (χ3v) is 6.12. The lowest BCUT2D eigenvalue weighted by molar-refractivity contribution is -0.122. The predicted octanol–water partition coefficient (Wildman–Crippen LogP) is 2.08. The molecule has 1 saturated heterocycles. The van der Waals surface area contributed by atoms with Gasteiger partial charge in [-0.05, 0) is 42.7 Å². The van der Waals surface area contributed by atoms with Crippen molar-refractivity contribution in [2.45, 2.75) is 57.2 Å². The molecule has 24 heavy (non-hydrogen) atoms. The van der Waals surface area contributed by atoms with E-state index in [1.807, 2.05) is 0 Å². The Morgan fingerprint density at radius 2 is 2.04 bits per heavy atom. The molecule has 1 aromatic rings. The van der Waals surface area contributed by atoms with Crippen molar-refractivity contribution in [3.63, 3.8) is 0 Å². The minimum atomic E-state index is 0.0418. The Hall–Kier alpha value is -1.39. The van der Waals surface area contributed by atoms with Gasteiger partial charge in [-0.1, -0.05) is 37.1 Å². The predicted molar refractivity (Wildman–Crippen MR) is 95.7 cm³/mol. The molecule has 1 saturated carbocycles. The second-order valence-corrected chi connectivity index (χ2v) is 7.69. The molecule has 0 spiro atoms. The summed E-state index contributed by atoms with van der Waals surface area (Å²) in [5.41, 5.74) is 2.92. The molecular weight excluding hydrogens is 298 g/mol. The van der Waals surface area contributed by atoms with Crippen LogP contribution < -0.4 is 10.6 Å². The molecule has 1 aromatic carbocycles. The molecule has 2 heterocycles. The molecule has 1 amide bonds. The third-order valence-electron chi connectivity index (χ3n) is 6.12. The first-order chi connectivity index (χ1) is 11.8. The molecule has 2 fully saturated rings. The first-order valence-electron chi connectivity index (χ1n) is 9.62. The van der Waals surface area contributed by atoms with E-state index in [-0.39, 0.29) is 11.9 Å². The van der Waals surface area contributed by atoms with Crippen LogP contribution in [0.5, 0.6) is 0 Å². The Bertz CT molecular complexity index is 574. The number of rotatable bonds is 4. The molecule has 3 aliphatic rings. The molecule has 1 aliphatic carbocycles. The summed E-state index contributed by atoms with van der Waals surface area (Å²) in [5, 5.41) is 6.73. The van der Waals surface area contributed by atoms with Crippen LogP contribution in [0.1, 0.15) is 43.2 Å². The van der Waals surface area contributed by atoms with Crippen molar-refractivity contribution in [1.29, 1.82) is 0 Å². The van der Waals surface area contributed by atoms with Crippen LogP contribution in [-0.2, 0) is 17.8 Å². The van der Waals surface area contributed by atoms with E-state index in [4.69, 9.17) is 0 Å². The van der Waals surface area contributed by atoms with Gasteiger partial charge in [-0.15, -0.1) is 0 Å². The van der Waals surface area contributed by atoms with Gasteiger partial charge in [0.2, 0.25) is 5.91 Å². The van der Waals surface area contributed by atoms with E-state index in [1.165, 1.54) is 36.8 Å². The number of benzene rings is 1. The molecule has 2 N–H and O–H groups in total. The molecule has 3 unspecified atom stereocenters. The van der Waals surface area contributed by atoms with E-state index in [0.717, 1.165) is 44.9 Å². The number of nitrogens with one attached hydrogen (secondary N) is 2. The summed E-state index contributed by atoms with van der Waals surface area (Å²) in [6, 6.07) is 9.34. The highest BCUT2D eigenvalue weighted by Gasteiger charge is 2.37. The summed E-state index contributed by atoms with van der Waals surface area (Å²) in [4.78, 5) is 14.9. The summed E-state index contributed by atoms with van der Waals surface area (Å²) < 4.78 is 0. The Labute approximate surface area is 145 Å². The van der Waals surface area contributed by atoms with Crippen LogP contribution in [-0.4, -0.2) is 42.5 Å². The molecule has 4 rings (SSSR count). The van der Waals surface area contributed by atoms with Gasteiger partial charge >= 0.3 is 0 Å². The lowest BCUT2D eigenvalue weighted by Crippen LogP contribution is -2.45. The minimum Gasteiger partial charge on any atom is -0.353 e. The fourth-order valence-corrected chi connectivity index (χ4v) is 4.73. The Morgan fingerprint density at radius 3 is 2.92 bits per heavy atom. The van der Waals surface area contributed by atoms with E-state index >= 15 is 0 Å². The van der Waals surface area contributed by atoms with Gasteiger partial charge < -0.3 is 10.6 Å². The van der Waals surface area contributed by atoms with Gasteiger partial charge in [0.1, 0.15) is 0 Å². The summed E-state index contributed by atoms with van der Waals surface area (Å²) in [7, 11) is 0. The number of fused-ring (bicyclic) bond motifs is 2. The molecule has 4 nitrogen and oxygen atoms in total. The third kappa shape index (κ3) is 3.50. The maximum absolute atomic E-state index is 12.4. The highest BCUT2D eigenvalue weighted by atomic mass is 16.2. The van der Waals surface area contributed by atoms with Crippen LogP contribution >= 0.6 is 0 Å². The van der Waals surface area contributed by atoms with Crippen LogP contribution in [0.25, 0.3) is 0 Å². The number of amides is 1. The Morgan fingerprint density at radius 1 is 1.21 bits per heavy atom. The molecule has 0 bridgehead atoms. The van der Waals surface area contributed by atoms with Crippen LogP contribution in [0.15, 0.2) is 24.3 Å². The summed E-state index contributed by atoms with van der Waals surface area (Å²) in [5.74, 6) is 0.940. The second-order valence-electron chi connectivity index (χ2n) is 7.69. The van der Waals surface area contributed by atoms with Crippen molar-refractivity contribution in [2.75, 3.05) is 19.6 Å². The number of hydrogen-bond acceptors (Lipinski definition) is 3. The fraction of sp³-hybridized carbons (Fsp3) is 0.650. The van der Waals surface area contributed by atoms with Crippen molar-refractivity contribution in [3.05, 3.63) is 35.4 Å². The quantitative estimate of drug-likeness (QED) is 0.890. The smallest absolute Gasteiger partial charge is 0.237 e. The van der Waals surface area contributed by atoms with Crippen molar-refractivity contribution in [3.8, 4) is 0 Å². The van der Waals surface area contributed by atoms with Gasteiger partial charge in [-0.25, -0.2) is 0 Å². The van der Waals surface area contributed by atoms with Crippen molar-refractivity contribution in [1.82, 2.24) is 15.5 Å². The maximum Gasteiger partial charge on any atom is 0.237 e. The molecule has 4 heteroatoms. The average Bonchev–Trinajstić information content (AvgIpc) is 3.06. The van der Waals surface area contributed by atoms with E-state index < -0.39 is 0 Å². The molecule has 0 aromatic heterocycles. The van der Waals surface area contributed by atoms with Gasteiger partial charge in [0.15, 0.2) is 0 Å². The largest absolute Gasteiger partial charge is 0.353 e. The topological polar surface area (TPSA) is 44.4 Å². The van der Waals surface area contributed by atoms with Crippen molar-refractivity contribution >= 4 is 5.91 Å². The monoisotopic (exact) mass is 327 g/mol. The Kier molecular flexibility index (Phi) is 4.86. The van der Waals surface area contributed by atoms with Crippen LogP contribution in [0, 0.1) is 5.92 Å². The zero-order valence-electron chi connectivity index (χ0n) is 14.5. The molecule has 130 valence electrons. The molecular formula is C20H29N3O. The van der Waals surface area contributed by atoms with Gasteiger partial charge in [0.25, 0.3) is 0 Å². The molecule has 0 radical (unpaired) electrons. The van der Waals surface area contributed by atoms with Crippen LogP contribution in [0.4, 0.5) is 0 Å². The van der Waals surface area contributed by atoms with E-state index in [0.29, 0.717) is 6.04 Å². The maximum atomic E-state index is 12.4. The van der Waals surface area contributed by atoms with Crippen LogP contribution in [0.3, 0.4) is 0 Å².